The van der Waals surface area contributed by atoms with Crippen molar-refractivity contribution in [2.45, 2.75) is 43.4 Å². The lowest BCUT2D eigenvalue weighted by molar-refractivity contribution is -0.137. The van der Waals surface area contributed by atoms with Crippen LogP contribution in [0.25, 0.3) is 0 Å². The fourth-order valence-corrected chi connectivity index (χ4v) is 5.92. The van der Waals surface area contributed by atoms with E-state index in [9.17, 15) is 13.2 Å². The molecular weight excluding hydrogens is 430 g/mol. The van der Waals surface area contributed by atoms with Gasteiger partial charge in [-0.15, -0.1) is 0 Å². The Bertz CT molecular complexity index is 791. The molecule has 2 saturated carbocycles. The van der Waals surface area contributed by atoms with Gasteiger partial charge < -0.3 is 5.11 Å². The van der Waals surface area contributed by atoms with Gasteiger partial charge in [0.05, 0.1) is 4.90 Å². The first-order valence-corrected chi connectivity index (χ1v) is 11.8. The van der Waals surface area contributed by atoms with Gasteiger partial charge in [0, 0.05) is 17.4 Å². The fourth-order valence-electron chi connectivity index (χ4n) is 4.59. The number of aliphatic carboxylic acids is 1. The van der Waals surface area contributed by atoms with E-state index in [1.807, 2.05) is 0 Å². The largest absolute Gasteiger partial charge is 0.481 e. The van der Waals surface area contributed by atoms with Gasteiger partial charge in [-0.3, -0.25) is 4.79 Å². The van der Waals surface area contributed by atoms with Crippen molar-refractivity contribution in [1.29, 1.82) is 0 Å². The Morgan fingerprint density at radius 3 is 2.63 bits per heavy atom. The van der Waals surface area contributed by atoms with Crippen LogP contribution >= 0.6 is 15.9 Å². The first kappa shape index (κ1) is 20.6. The molecule has 1 aromatic carbocycles. The lowest BCUT2D eigenvalue weighted by atomic mass is 9.79. The molecule has 1 aromatic rings. The Labute approximate surface area is 169 Å². The number of allylic oxidation sites excluding steroid dienone is 2. The molecule has 2 aliphatic rings. The first-order valence-electron chi connectivity index (χ1n) is 9.50. The molecule has 0 spiro atoms. The number of carboxylic acid groups (broad SMARTS) is 1. The van der Waals surface area contributed by atoms with Gasteiger partial charge in [0.1, 0.15) is 0 Å². The molecule has 0 heterocycles. The van der Waals surface area contributed by atoms with E-state index in [1.165, 1.54) is 19.3 Å². The number of carbonyl (C=O) groups is 1. The Balaban J connectivity index is 1.59. The molecule has 2 bridgehead atoms. The van der Waals surface area contributed by atoms with E-state index in [1.54, 1.807) is 24.3 Å². The van der Waals surface area contributed by atoms with E-state index in [2.05, 4.69) is 32.8 Å². The number of halogens is 1. The van der Waals surface area contributed by atoms with Crippen LogP contribution < -0.4 is 4.72 Å². The third kappa shape index (κ3) is 5.21. The molecule has 4 atom stereocenters. The number of hydrogen-bond donors (Lipinski definition) is 2. The third-order valence-electron chi connectivity index (χ3n) is 5.91. The zero-order chi connectivity index (χ0) is 19.4. The van der Waals surface area contributed by atoms with Crippen molar-refractivity contribution >= 4 is 31.9 Å². The standard InChI is InChI=1S/C20H26BrNO4S/c21-16-8-10-17(11-9-16)27(25,26)22-13-19-15-7-6-14(12-15)18(19)4-2-1-3-5-20(23)24/h2,4,8-11,14-15,18-19,22H,1,3,5-7,12-13H2,(H,23,24)/b4-2+. The van der Waals surface area contributed by atoms with Crippen molar-refractivity contribution < 1.29 is 18.3 Å². The molecule has 0 amide bonds. The molecule has 3 rings (SSSR count). The predicted octanol–water partition coefficient (Wildman–Crippen LogP) is 4.20. The fraction of sp³-hybridized carbons (Fsp3) is 0.550. The number of carboxylic acids is 1. The van der Waals surface area contributed by atoms with Crippen molar-refractivity contribution in [3.63, 3.8) is 0 Å². The van der Waals surface area contributed by atoms with Crippen molar-refractivity contribution in [3.05, 3.63) is 40.9 Å². The zero-order valence-corrected chi connectivity index (χ0v) is 17.6. The van der Waals surface area contributed by atoms with E-state index in [-0.39, 0.29) is 11.3 Å². The number of benzene rings is 1. The monoisotopic (exact) mass is 455 g/mol. The molecule has 0 aromatic heterocycles. The number of nitrogens with one attached hydrogen (secondary N) is 1. The highest BCUT2D eigenvalue weighted by molar-refractivity contribution is 9.10. The molecule has 27 heavy (non-hydrogen) atoms. The molecule has 148 valence electrons. The average molecular weight is 456 g/mol. The molecule has 0 saturated heterocycles. The molecule has 0 radical (unpaired) electrons. The maximum absolute atomic E-state index is 12.6. The molecule has 5 nitrogen and oxygen atoms in total. The average Bonchev–Trinajstić information content (AvgIpc) is 3.21. The van der Waals surface area contributed by atoms with Gasteiger partial charge in [-0.2, -0.15) is 0 Å². The Morgan fingerprint density at radius 2 is 1.93 bits per heavy atom. The number of unbranched alkanes of at least 4 members (excludes halogenated alkanes) is 1. The maximum atomic E-state index is 12.6. The topological polar surface area (TPSA) is 83.5 Å². The van der Waals surface area contributed by atoms with Gasteiger partial charge in [0.15, 0.2) is 0 Å². The second-order valence-electron chi connectivity index (χ2n) is 7.59. The van der Waals surface area contributed by atoms with E-state index in [0.717, 1.165) is 10.9 Å². The third-order valence-corrected chi connectivity index (χ3v) is 7.88. The Morgan fingerprint density at radius 1 is 1.22 bits per heavy atom. The highest BCUT2D eigenvalue weighted by Crippen LogP contribution is 2.52. The van der Waals surface area contributed by atoms with Gasteiger partial charge in [0.2, 0.25) is 10.0 Å². The lowest BCUT2D eigenvalue weighted by Crippen LogP contribution is -2.35. The van der Waals surface area contributed by atoms with E-state index < -0.39 is 16.0 Å². The van der Waals surface area contributed by atoms with Gasteiger partial charge in [-0.05, 0) is 80.0 Å². The summed E-state index contributed by atoms with van der Waals surface area (Å²) in [5, 5.41) is 8.72. The van der Waals surface area contributed by atoms with E-state index >= 15 is 0 Å². The predicted molar refractivity (Wildman–Crippen MR) is 108 cm³/mol. The van der Waals surface area contributed by atoms with Crippen molar-refractivity contribution in [1.82, 2.24) is 4.72 Å². The zero-order valence-electron chi connectivity index (χ0n) is 15.2. The van der Waals surface area contributed by atoms with Crippen LogP contribution in [0.15, 0.2) is 45.8 Å². The Kier molecular flexibility index (Phi) is 6.76. The quantitative estimate of drug-likeness (QED) is 0.431. The molecule has 4 unspecified atom stereocenters. The number of rotatable bonds is 9. The molecule has 2 aliphatic carbocycles. The number of fused-ring (bicyclic) bond motifs is 2. The van der Waals surface area contributed by atoms with Crippen LogP contribution in [0.4, 0.5) is 0 Å². The van der Waals surface area contributed by atoms with Crippen LogP contribution in [0, 0.1) is 23.7 Å². The van der Waals surface area contributed by atoms with Crippen LogP contribution in [0.2, 0.25) is 0 Å². The van der Waals surface area contributed by atoms with Gasteiger partial charge in [-0.25, -0.2) is 13.1 Å². The van der Waals surface area contributed by atoms with Crippen LogP contribution in [0.5, 0.6) is 0 Å². The minimum atomic E-state index is -3.50. The second kappa shape index (κ2) is 8.88. The summed E-state index contributed by atoms with van der Waals surface area (Å²) >= 11 is 3.32. The first-order chi connectivity index (χ1) is 12.9. The number of sulfonamides is 1. The van der Waals surface area contributed by atoms with Gasteiger partial charge in [0.25, 0.3) is 0 Å². The summed E-state index contributed by atoms with van der Waals surface area (Å²) in [6, 6.07) is 6.67. The maximum Gasteiger partial charge on any atom is 0.303 e. The molecule has 7 heteroatoms. The summed E-state index contributed by atoms with van der Waals surface area (Å²) in [7, 11) is -3.50. The highest BCUT2D eigenvalue weighted by Gasteiger charge is 2.46. The smallest absolute Gasteiger partial charge is 0.303 e. The van der Waals surface area contributed by atoms with Crippen molar-refractivity contribution in [3.8, 4) is 0 Å². The summed E-state index contributed by atoms with van der Waals surface area (Å²) in [6.07, 6.45) is 9.47. The summed E-state index contributed by atoms with van der Waals surface area (Å²) in [5.41, 5.74) is 0. The highest BCUT2D eigenvalue weighted by atomic mass is 79.9. The summed E-state index contributed by atoms with van der Waals surface area (Å²) in [4.78, 5) is 10.9. The second-order valence-corrected chi connectivity index (χ2v) is 10.3. The summed E-state index contributed by atoms with van der Waals surface area (Å²) < 4.78 is 28.8. The van der Waals surface area contributed by atoms with Gasteiger partial charge in [-0.1, -0.05) is 28.1 Å². The normalized spacial score (nSPS) is 27.4. The molecule has 2 N–H and O–H groups in total. The number of hydrogen-bond acceptors (Lipinski definition) is 3. The summed E-state index contributed by atoms with van der Waals surface area (Å²) in [6.45, 7) is 0.462. The Hall–Kier alpha value is -1.18. The van der Waals surface area contributed by atoms with Crippen LogP contribution in [0.3, 0.4) is 0 Å². The molecule has 0 aliphatic heterocycles. The van der Waals surface area contributed by atoms with Crippen molar-refractivity contribution in [2.24, 2.45) is 23.7 Å². The minimum absolute atomic E-state index is 0.192. The van der Waals surface area contributed by atoms with E-state index in [4.69, 9.17) is 5.11 Å². The summed E-state index contributed by atoms with van der Waals surface area (Å²) in [5.74, 6) is 1.17. The molecular formula is C20H26BrNO4S. The minimum Gasteiger partial charge on any atom is -0.481 e. The van der Waals surface area contributed by atoms with Crippen LogP contribution in [-0.4, -0.2) is 26.0 Å². The lowest BCUT2D eigenvalue weighted by Gasteiger charge is -2.29. The van der Waals surface area contributed by atoms with Crippen molar-refractivity contribution in [2.75, 3.05) is 6.54 Å². The van der Waals surface area contributed by atoms with Crippen LogP contribution in [0.1, 0.15) is 38.5 Å². The SMILES string of the molecule is O=C(O)CCC/C=C/C1C2CCC(C2)C1CNS(=O)(=O)c1ccc(Br)cc1. The molecule has 2 fully saturated rings. The van der Waals surface area contributed by atoms with Gasteiger partial charge >= 0.3 is 5.97 Å². The van der Waals surface area contributed by atoms with E-state index in [0.29, 0.717) is 36.6 Å². The van der Waals surface area contributed by atoms with Crippen LogP contribution in [-0.2, 0) is 14.8 Å².